The predicted molar refractivity (Wildman–Crippen MR) is 108 cm³/mol. The molecule has 2 aromatic carbocycles. The second kappa shape index (κ2) is 8.89. The highest BCUT2D eigenvalue weighted by Gasteiger charge is 2.11. The van der Waals surface area contributed by atoms with Gasteiger partial charge in [-0.15, -0.1) is 0 Å². The van der Waals surface area contributed by atoms with Gasteiger partial charge in [0.2, 0.25) is 0 Å². The van der Waals surface area contributed by atoms with Gasteiger partial charge >= 0.3 is 5.97 Å². The van der Waals surface area contributed by atoms with Crippen molar-refractivity contribution in [1.82, 2.24) is 0 Å². The molecule has 6 heteroatoms. The van der Waals surface area contributed by atoms with Crippen LogP contribution in [-0.2, 0) is 4.79 Å². The van der Waals surface area contributed by atoms with Gasteiger partial charge in [-0.25, -0.2) is 4.79 Å². The van der Waals surface area contributed by atoms with Gasteiger partial charge in [0.1, 0.15) is 17.3 Å². The molecule has 0 saturated carbocycles. The molecule has 0 unspecified atom stereocenters. The van der Waals surface area contributed by atoms with Crippen molar-refractivity contribution in [1.29, 1.82) is 5.41 Å². The second-order valence-electron chi connectivity index (χ2n) is 6.07. The van der Waals surface area contributed by atoms with Crippen molar-refractivity contribution in [3.63, 3.8) is 0 Å². The number of phenols is 1. The van der Waals surface area contributed by atoms with Crippen LogP contribution in [0.5, 0.6) is 11.5 Å². The van der Waals surface area contributed by atoms with Crippen LogP contribution in [0.1, 0.15) is 31.9 Å². The lowest BCUT2D eigenvalue weighted by Gasteiger charge is -2.21. The molecule has 0 amide bonds. The topological polar surface area (TPSA) is 99.6 Å². The molecule has 0 heterocycles. The van der Waals surface area contributed by atoms with E-state index in [1.165, 1.54) is 0 Å². The molecule has 0 radical (unpaired) electrons. The lowest BCUT2D eigenvalue weighted by molar-refractivity contribution is -0.130. The van der Waals surface area contributed by atoms with Crippen LogP contribution < -0.4 is 15.4 Å². The summed E-state index contributed by atoms with van der Waals surface area (Å²) in [5, 5.41) is 17.6. The first-order valence-electron chi connectivity index (χ1n) is 8.78. The Morgan fingerprint density at radius 3 is 2.33 bits per heavy atom. The summed E-state index contributed by atoms with van der Waals surface area (Å²) in [6.07, 6.45) is 1.59. The van der Waals surface area contributed by atoms with E-state index >= 15 is 0 Å². The number of esters is 1. The molecule has 27 heavy (non-hydrogen) atoms. The first kappa shape index (κ1) is 20.0. The van der Waals surface area contributed by atoms with E-state index in [-0.39, 0.29) is 11.6 Å². The number of nitrogens with two attached hydrogens (primary N) is 1. The Labute approximate surface area is 159 Å². The van der Waals surface area contributed by atoms with Crippen LogP contribution in [0, 0.1) is 5.41 Å². The number of benzene rings is 2. The minimum absolute atomic E-state index is 0.0485. The van der Waals surface area contributed by atoms with Gasteiger partial charge in [-0.1, -0.05) is 0 Å². The van der Waals surface area contributed by atoms with Crippen LogP contribution in [-0.4, -0.2) is 30.0 Å². The fourth-order valence-electron chi connectivity index (χ4n) is 2.62. The van der Waals surface area contributed by atoms with Gasteiger partial charge in [0.05, 0.1) is 0 Å². The standard InChI is InChI=1S/C21H25N3O3/c1-4-24(5-2)17-9-6-16(19(25)13-17)12-14(3)21(26)27-18-10-7-15(8-11-18)20(22)23/h6-13,25H,4-5H2,1-3H3,(H3,22,23). The number of rotatable bonds is 7. The van der Waals surface area contributed by atoms with E-state index in [9.17, 15) is 9.90 Å². The van der Waals surface area contributed by atoms with Crippen LogP contribution >= 0.6 is 0 Å². The van der Waals surface area contributed by atoms with Crippen molar-refractivity contribution in [2.45, 2.75) is 20.8 Å². The summed E-state index contributed by atoms with van der Waals surface area (Å²) in [7, 11) is 0. The number of nitrogen functional groups attached to an aromatic ring is 1. The van der Waals surface area contributed by atoms with Crippen molar-refractivity contribution in [3.05, 3.63) is 59.2 Å². The van der Waals surface area contributed by atoms with E-state index in [1.54, 1.807) is 49.4 Å². The SMILES string of the molecule is CCN(CC)c1ccc(C=C(C)C(=O)Oc2ccc(C(=N)N)cc2)c(O)c1. The highest BCUT2D eigenvalue weighted by Crippen LogP contribution is 2.27. The molecule has 0 aromatic heterocycles. The summed E-state index contributed by atoms with van der Waals surface area (Å²) in [4.78, 5) is 14.4. The number of ether oxygens (including phenoxy) is 1. The molecule has 0 aliphatic carbocycles. The molecule has 0 atom stereocenters. The number of anilines is 1. The van der Waals surface area contributed by atoms with E-state index in [0.717, 1.165) is 18.8 Å². The predicted octanol–water partition coefficient (Wildman–Crippen LogP) is 3.53. The molecular formula is C21H25N3O3. The van der Waals surface area contributed by atoms with E-state index in [2.05, 4.69) is 18.7 Å². The van der Waals surface area contributed by atoms with Gasteiger partial charge in [-0.05, 0) is 63.2 Å². The lowest BCUT2D eigenvalue weighted by Crippen LogP contribution is -2.21. The highest BCUT2D eigenvalue weighted by atomic mass is 16.5. The third-order valence-electron chi connectivity index (χ3n) is 4.21. The molecule has 0 spiro atoms. The summed E-state index contributed by atoms with van der Waals surface area (Å²) >= 11 is 0. The Hall–Kier alpha value is -3.28. The third-order valence-corrected chi connectivity index (χ3v) is 4.21. The zero-order chi connectivity index (χ0) is 20.0. The smallest absolute Gasteiger partial charge is 0.339 e. The lowest BCUT2D eigenvalue weighted by atomic mass is 10.1. The number of carbonyl (C=O) groups excluding carboxylic acids is 1. The maximum absolute atomic E-state index is 12.3. The van der Waals surface area contributed by atoms with Gasteiger partial charge in [0.15, 0.2) is 0 Å². The average molecular weight is 367 g/mol. The Kier molecular flexibility index (Phi) is 6.60. The Balaban J connectivity index is 2.13. The van der Waals surface area contributed by atoms with Crippen molar-refractivity contribution in [3.8, 4) is 11.5 Å². The molecule has 0 aliphatic rings. The number of nitrogens with one attached hydrogen (secondary N) is 1. The number of nitrogens with zero attached hydrogens (tertiary/aromatic N) is 1. The third kappa shape index (κ3) is 5.10. The zero-order valence-corrected chi connectivity index (χ0v) is 15.8. The largest absolute Gasteiger partial charge is 0.507 e. The van der Waals surface area contributed by atoms with Gasteiger partial charge < -0.3 is 20.5 Å². The molecule has 0 fully saturated rings. The van der Waals surface area contributed by atoms with Crippen LogP contribution in [0.3, 0.4) is 0 Å². The summed E-state index contributed by atoms with van der Waals surface area (Å²) in [6.45, 7) is 7.43. The van der Waals surface area contributed by atoms with Crippen LogP contribution in [0.25, 0.3) is 6.08 Å². The molecule has 0 saturated heterocycles. The number of hydrogen-bond donors (Lipinski definition) is 3. The average Bonchev–Trinajstić information content (AvgIpc) is 2.65. The molecule has 0 bridgehead atoms. The summed E-state index contributed by atoms with van der Waals surface area (Å²) in [6, 6.07) is 11.8. The second-order valence-corrected chi connectivity index (χ2v) is 6.07. The van der Waals surface area contributed by atoms with Gasteiger partial charge in [0, 0.05) is 41.5 Å². The Bertz CT molecular complexity index is 853. The summed E-state index contributed by atoms with van der Waals surface area (Å²) in [5.41, 5.74) is 7.79. The van der Waals surface area contributed by atoms with Crippen molar-refractivity contribution < 1.29 is 14.6 Å². The van der Waals surface area contributed by atoms with E-state index in [4.69, 9.17) is 15.9 Å². The van der Waals surface area contributed by atoms with Crippen LogP contribution in [0.4, 0.5) is 5.69 Å². The van der Waals surface area contributed by atoms with Gasteiger partial charge in [0.25, 0.3) is 0 Å². The number of phenolic OH excluding ortho intramolecular Hbond substituents is 1. The van der Waals surface area contributed by atoms with Crippen LogP contribution in [0.15, 0.2) is 48.0 Å². The molecule has 2 rings (SSSR count). The van der Waals surface area contributed by atoms with E-state index < -0.39 is 5.97 Å². The number of aromatic hydroxyl groups is 1. The van der Waals surface area contributed by atoms with Crippen LogP contribution in [0.2, 0.25) is 0 Å². The number of amidine groups is 1. The van der Waals surface area contributed by atoms with Crippen molar-refractivity contribution >= 4 is 23.6 Å². The summed E-state index contributed by atoms with van der Waals surface area (Å²) in [5.74, 6) is -0.0957. The zero-order valence-electron chi connectivity index (χ0n) is 15.8. The van der Waals surface area contributed by atoms with Gasteiger partial charge in [-0.3, -0.25) is 5.41 Å². The maximum atomic E-state index is 12.3. The molecule has 4 N–H and O–H groups in total. The monoisotopic (exact) mass is 367 g/mol. The first-order chi connectivity index (χ1) is 12.8. The highest BCUT2D eigenvalue weighted by molar-refractivity contribution is 5.96. The first-order valence-corrected chi connectivity index (χ1v) is 8.78. The quantitative estimate of drug-likeness (QED) is 0.229. The fraction of sp³-hybridized carbons (Fsp3) is 0.238. The minimum atomic E-state index is -0.516. The Morgan fingerprint density at radius 2 is 1.81 bits per heavy atom. The molecule has 2 aromatic rings. The van der Waals surface area contributed by atoms with Gasteiger partial charge in [-0.2, -0.15) is 0 Å². The molecule has 142 valence electrons. The maximum Gasteiger partial charge on any atom is 0.339 e. The molecular weight excluding hydrogens is 342 g/mol. The number of carbonyl (C=O) groups is 1. The Morgan fingerprint density at radius 1 is 1.19 bits per heavy atom. The molecule has 0 aliphatic heterocycles. The van der Waals surface area contributed by atoms with Crippen molar-refractivity contribution in [2.75, 3.05) is 18.0 Å². The summed E-state index contributed by atoms with van der Waals surface area (Å²) < 4.78 is 5.31. The minimum Gasteiger partial charge on any atom is -0.507 e. The van der Waals surface area contributed by atoms with E-state index in [1.807, 2.05) is 6.07 Å². The van der Waals surface area contributed by atoms with E-state index in [0.29, 0.717) is 22.4 Å². The molecule has 6 nitrogen and oxygen atoms in total. The normalized spacial score (nSPS) is 11.1. The number of hydrogen-bond acceptors (Lipinski definition) is 5. The fourth-order valence-corrected chi connectivity index (χ4v) is 2.62. The van der Waals surface area contributed by atoms with Crippen molar-refractivity contribution in [2.24, 2.45) is 5.73 Å².